The third-order valence-corrected chi connectivity index (χ3v) is 4.99. The number of nitrogens with zero attached hydrogens (tertiary/aromatic N) is 4. The minimum Gasteiger partial charge on any atom is -0.394 e. The fourth-order valence-corrected chi connectivity index (χ4v) is 3.57. The molecule has 0 radical (unpaired) electrons. The first-order chi connectivity index (χ1) is 14.1. The lowest BCUT2D eigenvalue weighted by molar-refractivity contribution is 0.101. The van der Waals surface area contributed by atoms with Gasteiger partial charge in [0.1, 0.15) is 0 Å². The third kappa shape index (κ3) is 7.80. The lowest BCUT2D eigenvalue weighted by Crippen LogP contribution is -2.27. The van der Waals surface area contributed by atoms with Crippen molar-refractivity contribution in [3.05, 3.63) is 29.8 Å². The van der Waals surface area contributed by atoms with Crippen molar-refractivity contribution in [3.8, 4) is 0 Å². The van der Waals surface area contributed by atoms with Crippen molar-refractivity contribution < 1.29 is 22.7 Å². The molecular formula is C17H23FN6O4S2. The monoisotopic (exact) mass is 458 g/mol. The van der Waals surface area contributed by atoms with Gasteiger partial charge in [-0.15, -0.1) is 0 Å². The number of ketones is 1. The van der Waals surface area contributed by atoms with Crippen LogP contribution in [0.25, 0.3) is 0 Å². The Bertz CT molecular complexity index is 990. The Morgan fingerprint density at radius 3 is 2.57 bits per heavy atom. The smallest absolute Gasteiger partial charge is 0.242 e. The molecule has 3 N–H and O–H groups in total. The number of hydrogen-bond donors (Lipinski definition) is 3. The molecule has 0 aliphatic heterocycles. The van der Waals surface area contributed by atoms with Gasteiger partial charge < -0.3 is 10.4 Å². The normalized spacial score (nSPS) is 12.6. The van der Waals surface area contributed by atoms with E-state index in [0.717, 1.165) is 18.0 Å². The lowest BCUT2D eigenvalue weighted by Gasteiger charge is -2.18. The van der Waals surface area contributed by atoms with E-state index in [0.29, 0.717) is 6.42 Å². The Hall–Kier alpha value is -2.38. The van der Waals surface area contributed by atoms with Gasteiger partial charge in [-0.1, -0.05) is 25.6 Å². The molecule has 2 heterocycles. The first-order valence-corrected chi connectivity index (χ1v) is 11.8. The Morgan fingerprint density at radius 2 is 1.97 bits per heavy atom. The molecule has 0 unspecified atom stereocenters. The Labute approximate surface area is 178 Å². The molecule has 0 spiro atoms. The summed E-state index contributed by atoms with van der Waals surface area (Å²) in [7, 11) is -3.66. The molecule has 0 bridgehead atoms. The molecule has 2 aromatic heterocycles. The predicted molar refractivity (Wildman–Crippen MR) is 111 cm³/mol. The second-order valence-corrected chi connectivity index (χ2v) is 9.54. The van der Waals surface area contributed by atoms with Gasteiger partial charge in [0.05, 0.1) is 30.2 Å². The minimum atomic E-state index is -3.66. The number of rotatable bonds is 11. The van der Waals surface area contributed by atoms with Crippen LogP contribution in [0.5, 0.6) is 0 Å². The number of anilines is 2. The van der Waals surface area contributed by atoms with Crippen LogP contribution in [-0.2, 0) is 10.0 Å². The van der Waals surface area contributed by atoms with Crippen molar-refractivity contribution in [1.29, 1.82) is 0 Å². The van der Waals surface area contributed by atoms with Gasteiger partial charge in [0, 0.05) is 6.20 Å². The average Bonchev–Trinajstić information content (AvgIpc) is 2.64. The van der Waals surface area contributed by atoms with Crippen LogP contribution in [0, 0.1) is 11.9 Å². The van der Waals surface area contributed by atoms with Crippen molar-refractivity contribution in [1.82, 2.24) is 19.9 Å². The van der Waals surface area contributed by atoms with Gasteiger partial charge in [-0.05, 0) is 24.5 Å². The number of sulfonamides is 1. The minimum absolute atomic E-state index is 0.0401. The first kappa shape index (κ1) is 23.9. The molecule has 1 atom stereocenters. The van der Waals surface area contributed by atoms with E-state index in [2.05, 4.69) is 30.0 Å². The SMILES string of the molecule is CC(C)C[C@H](CO)Nc1nc(NS(C)(=O)=O)nc(SCC(=O)c2cccnc2F)n1. The number of hydrogen-bond acceptors (Lipinski definition) is 10. The zero-order valence-corrected chi connectivity index (χ0v) is 18.3. The fraction of sp³-hybridized carbons (Fsp3) is 0.471. The number of halogens is 1. The summed E-state index contributed by atoms with van der Waals surface area (Å²) in [5.74, 6) is -1.51. The van der Waals surface area contributed by atoms with Gasteiger partial charge in [-0.3, -0.25) is 9.52 Å². The molecule has 0 saturated carbocycles. The number of Topliss-reactive ketones (excluding diaryl/α,β-unsaturated/α-hetero) is 1. The maximum atomic E-state index is 13.7. The van der Waals surface area contributed by atoms with Crippen LogP contribution < -0.4 is 10.0 Å². The quantitative estimate of drug-likeness (QED) is 0.257. The zero-order chi connectivity index (χ0) is 22.3. The molecule has 164 valence electrons. The van der Waals surface area contributed by atoms with E-state index in [4.69, 9.17) is 0 Å². The molecule has 10 nitrogen and oxygen atoms in total. The van der Waals surface area contributed by atoms with Crippen molar-refractivity contribution in [2.75, 3.05) is 28.7 Å². The first-order valence-electron chi connectivity index (χ1n) is 8.95. The highest BCUT2D eigenvalue weighted by Gasteiger charge is 2.17. The average molecular weight is 459 g/mol. The van der Waals surface area contributed by atoms with Gasteiger partial charge in [-0.25, -0.2) is 13.4 Å². The van der Waals surface area contributed by atoms with Crippen LogP contribution in [0.3, 0.4) is 0 Å². The molecule has 0 aromatic carbocycles. The highest BCUT2D eigenvalue weighted by atomic mass is 32.2. The van der Waals surface area contributed by atoms with E-state index in [1.54, 1.807) is 0 Å². The number of carbonyl (C=O) groups is 1. The molecule has 0 aliphatic rings. The van der Waals surface area contributed by atoms with Crippen LogP contribution in [-0.4, -0.2) is 63.9 Å². The van der Waals surface area contributed by atoms with E-state index in [-0.39, 0.29) is 46.9 Å². The number of pyridine rings is 1. The van der Waals surface area contributed by atoms with Crippen molar-refractivity contribution in [3.63, 3.8) is 0 Å². The van der Waals surface area contributed by atoms with Gasteiger partial charge in [0.2, 0.25) is 27.9 Å². The molecule has 0 saturated heterocycles. The van der Waals surface area contributed by atoms with Crippen molar-refractivity contribution in [2.24, 2.45) is 5.92 Å². The second kappa shape index (κ2) is 10.6. The Morgan fingerprint density at radius 1 is 1.27 bits per heavy atom. The maximum absolute atomic E-state index is 13.7. The summed E-state index contributed by atoms with van der Waals surface area (Å²) in [6.07, 6.45) is 2.81. The summed E-state index contributed by atoms with van der Waals surface area (Å²) in [4.78, 5) is 27.9. The zero-order valence-electron chi connectivity index (χ0n) is 16.7. The topological polar surface area (TPSA) is 147 Å². The number of aromatic nitrogens is 4. The molecular weight excluding hydrogens is 435 g/mol. The molecule has 0 fully saturated rings. The third-order valence-electron chi connectivity index (χ3n) is 3.59. The standard InChI is InChI=1S/C17H23FN6O4S2/c1-10(2)7-11(8-25)20-15-21-16(24-30(3,27)28)23-17(22-15)29-9-13(26)12-5-4-6-19-14(12)18/h4-6,10-11,25H,7-9H2,1-3H3,(H2,20,21,22,23,24)/t11-/m1/s1. The lowest BCUT2D eigenvalue weighted by atomic mass is 10.0. The Kier molecular flexibility index (Phi) is 8.43. The van der Waals surface area contributed by atoms with Crippen LogP contribution in [0.4, 0.5) is 16.3 Å². The van der Waals surface area contributed by atoms with Crippen LogP contribution in [0.15, 0.2) is 23.5 Å². The second-order valence-electron chi connectivity index (χ2n) is 6.85. The summed E-state index contributed by atoms with van der Waals surface area (Å²) in [5.41, 5.74) is -0.163. The van der Waals surface area contributed by atoms with E-state index < -0.39 is 21.8 Å². The molecule has 2 rings (SSSR count). The van der Waals surface area contributed by atoms with Crippen LogP contribution in [0.1, 0.15) is 30.6 Å². The maximum Gasteiger partial charge on any atom is 0.242 e. The van der Waals surface area contributed by atoms with Crippen LogP contribution >= 0.6 is 11.8 Å². The van der Waals surface area contributed by atoms with Crippen LogP contribution in [0.2, 0.25) is 0 Å². The van der Waals surface area contributed by atoms with Gasteiger partial charge in [0.25, 0.3) is 0 Å². The van der Waals surface area contributed by atoms with E-state index >= 15 is 0 Å². The van der Waals surface area contributed by atoms with E-state index in [1.165, 1.54) is 18.3 Å². The van der Waals surface area contributed by atoms with Gasteiger partial charge in [-0.2, -0.15) is 19.3 Å². The molecule has 30 heavy (non-hydrogen) atoms. The predicted octanol–water partition coefficient (Wildman–Crippen LogP) is 1.57. The van der Waals surface area contributed by atoms with Gasteiger partial charge >= 0.3 is 0 Å². The fourth-order valence-electron chi connectivity index (χ4n) is 2.43. The molecule has 0 amide bonds. The number of aliphatic hydroxyl groups is 1. The van der Waals surface area contributed by atoms with Crippen molar-refractivity contribution in [2.45, 2.75) is 31.5 Å². The highest BCUT2D eigenvalue weighted by molar-refractivity contribution is 7.99. The number of carbonyl (C=O) groups excluding carboxylic acids is 1. The number of aliphatic hydroxyl groups excluding tert-OH is 1. The summed E-state index contributed by atoms with van der Waals surface area (Å²) in [5, 5.41) is 12.5. The summed E-state index contributed by atoms with van der Waals surface area (Å²) >= 11 is 0.891. The molecule has 0 aliphatic carbocycles. The highest BCUT2D eigenvalue weighted by Crippen LogP contribution is 2.20. The summed E-state index contributed by atoms with van der Waals surface area (Å²) < 4.78 is 38.9. The van der Waals surface area contributed by atoms with Crippen molar-refractivity contribution >= 4 is 39.5 Å². The van der Waals surface area contributed by atoms with E-state index in [1.807, 2.05) is 13.8 Å². The summed E-state index contributed by atoms with van der Waals surface area (Å²) in [6.45, 7) is 3.79. The summed E-state index contributed by atoms with van der Waals surface area (Å²) in [6, 6.07) is 2.41. The largest absolute Gasteiger partial charge is 0.394 e. The molecule has 2 aromatic rings. The number of thioether (sulfide) groups is 1. The number of nitrogens with one attached hydrogen (secondary N) is 2. The Balaban J connectivity index is 2.23. The van der Waals surface area contributed by atoms with Gasteiger partial charge in [0.15, 0.2) is 10.9 Å². The van der Waals surface area contributed by atoms with E-state index in [9.17, 15) is 22.7 Å². The molecule has 13 heteroatoms.